The molecule has 0 fully saturated rings. The number of rotatable bonds is 5. The Kier molecular flexibility index (Phi) is 4.50. The Morgan fingerprint density at radius 2 is 2.08 bits per heavy atom. The Balaban J connectivity index is 3.62. The second kappa shape index (κ2) is 5.13. The lowest BCUT2D eigenvalue weighted by atomic mass is 10.2. The number of hydrogen-bond donors (Lipinski definition) is 3. The molecule has 0 aromatic rings. The van der Waals surface area contributed by atoms with Crippen LogP contribution in [-0.4, -0.2) is 41.3 Å². The van der Waals surface area contributed by atoms with Gasteiger partial charge in [0.2, 0.25) is 5.78 Å². The van der Waals surface area contributed by atoms with Gasteiger partial charge in [-0.05, 0) is 6.42 Å². The summed E-state index contributed by atoms with van der Waals surface area (Å²) in [5.41, 5.74) is 5.12. The number of ketones is 1. The van der Waals surface area contributed by atoms with Crippen molar-refractivity contribution in [1.82, 2.24) is 4.90 Å². The van der Waals surface area contributed by atoms with E-state index in [4.69, 9.17) is 16.2 Å². The van der Waals surface area contributed by atoms with Gasteiger partial charge >= 0.3 is 5.97 Å². The van der Waals surface area contributed by atoms with E-state index in [0.717, 1.165) is 0 Å². The number of carboxylic acid groups (broad SMARTS) is 1. The van der Waals surface area contributed by atoms with Gasteiger partial charge in [0.15, 0.2) is 5.96 Å². The zero-order chi connectivity index (χ0) is 10.4. The van der Waals surface area contributed by atoms with Crippen molar-refractivity contribution >= 4 is 17.7 Å². The van der Waals surface area contributed by atoms with Crippen molar-refractivity contribution in [3.8, 4) is 0 Å². The normalized spacial score (nSPS) is 9.31. The quantitative estimate of drug-likeness (QED) is 0.298. The first-order chi connectivity index (χ1) is 5.95. The molecule has 0 aliphatic heterocycles. The minimum absolute atomic E-state index is 0.0209. The summed E-state index contributed by atoms with van der Waals surface area (Å²) in [6, 6.07) is 0. The second-order valence-electron chi connectivity index (χ2n) is 2.64. The topological polar surface area (TPSA) is 107 Å². The Morgan fingerprint density at radius 3 is 2.46 bits per heavy atom. The van der Waals surface area contributed by atoms with Crippen LogP contribution < -0.4 is 5.73 Å². The molecule has 0 atom stereocenters. The fourth-order valence-corrected chi connectivity index (χ4v) is 0.704. The second-order valence-corrected chi connectivity index (χ2v) is 2.64. The molecule has 0 aromatic heterocycles. The van der Waals surface area contributed by atoms with Gasteiger partial charge in [-0.2, -0.15) is 0 Å². The van der Waals surface area contributed by atoms with Gasteiger partial charge in [-0.15, -0.1) is 0 Å². The lowest BCUT2D eigenvalue weighted by Crippen LogP contribution is -2.33. The van der Waals surface area contributed by atoms with Gasteiger partial charge in [0, 0.05) is 20.0 Å². The van der Waals surface area contributed by atoms with Gasteiger partial charge < -0.3 is 15.7 Å². The van der Waals surface area contributed by atoms with Gasteiger partial charge in [-0.1, -0.05) is 0 Å². The first-order valence-corrected chi connectivity index (χ1v) is 3.76. The van der Waals surface area contributed by atoms with Gasteiger partial charge in [-0.25, -0.2) is 4.79 Å². The Hall–Kier alpha value is -1.59. The Morgan fingerprint density at radius 1 is 1.54 bits per heavy atom. The number of carboxylic acids is 1. The van der Waals surface area contributed by atoms with E-state index in [0.29, 0.717) is 13.0 Å². The van der Waals surface area contributed by atoms with Gasteiger partial charge in [0.1, 0.15) is 0 Å². The number of guanidine groups is 1. The minimum atomic E-state index is -1.41. The van der Waals surface area contributed by atoms with E-state index in [-0.39, 0.29) is 12.4 Å². The van der Waals surface area contributed by atoms with E-state index >= 15 is 0 Å². The maximum absolute atomic E-state index is 10.6. The van der Waals surface area contributed by atoms with Crippen LogP contribution in [0.2, 0.25) is 0 Å². The van der Waals surface area contributed by atoms with E-state index in [1.165, 1.54) is 4.90 Å². The summed E-state index contributed by atoms with van der Waals surface area (Å²) < 4.78 is 0. The largest absolute Gasteiger partial charge is 0.476 e. The van der Waals surface area contributed by atoms with Crippen molar-refractivity contribution < 1.29 is 14.7 Å². The zero-order valence-electron chi connectivity index (χ0n) is 7.41. The van der Waals surface area contributed by atoms with Crippen molar-refractivity contribution in [3.63, 3.8) is 0 Å². The fourth-order valence-electron chi connectivity index (χ4n) is 0.704. The summed E-state index contributed by atoms with van der Waals surface area (Å²) in [5.74, 6) is -2.31. The average Bonchev–Trinajstić information content (AvgIpc) is 2.03. The molecule has 0 unspecified atom stereocenters. The number of nitrogens with zero attached hydrogens (tertiary/aromatic N) is 1. The highest BCUT2D eigenvalue weighted by atomic mass is 16.4. The van der Waals surface area contributed by atoms with Crippen LogP contribution in [0, 0.1) is 5.41 Å². The molecular formula is C7H13N3O3. The average molecular weight is 187 g/mol. The number of hydrogen-bond acceptors (Lipinski definition) is 3. The van der Waals surface area contributed by atoms with Crippen LogP contribution in [0.3, 0.4) is 0 Å². The molecular weight excluding hydrogens is 174 g/mol. The van der Waals surface area contributed by atoms with Gasteiger partial charge in [0.05, 0.1) is 0 Å². The predicted molar refractivity (Wildman–Crippen MR) is 46.4 cm³/mol. The number of carbonyl (C=O) groups is 2. The molecule has 0 rings (SSSR count). The maximum Gasteiger partial charge on any atom is 0.372 e. The summed E-state index contributed by atoms with van der Waals surface area (Å²) >= 11 is 0. The lowest BCUT2D eigenvalue weighted by molar-refractivity contribution is -0.149. The van der Waals surface area contributed by atoms with Crippen LogP contribution in [0.4, 0.5) is 0 Å². The Labute approximate surface area is 75.8 Å². The highest BCUT2D eigenvalue weighted by molar-refractivity contribution is 6.32. The molecule has 0 aromatic carbocycles. The summed E-state index contributed by atoms with van der Waals surface area (Å²) in [6.07, 6.45) is 0.369. The van der Waals surface area contributed by atoms with E-state index in [1.54, 1.807) is 7.05 Å². The molecule has 0 heterocycles. The fraction of sp³-hybridized carbons (Fsp3) is 0.571. The van der Waals surface area contributed by atoms with Gasteiger partial charge in [0.25, 0.3) is 0 Å². The molecule has 0 aliphatic carbocycles. The predicted octanol–water partition coefficient (Wildman–Crippen LogP) is -0.754. The maximum atomic E-state index is 10.6. The standard InChI is InChI=1S/C7H13N3O3/c1-10(7(8)9)4-2-3-5(11)6(12)13/h2-4H2,1H3,(H3,8,9)(H,12,13). The SMILES string of the molecule is CN(CCCC(=O)C(=O)O)C(=N)N. The summed E-state index contributed by atoms with van der Waals surface area (Å²) in [5, 5.41) is 15.2. The van der Waals surface area contributed by atoms with Crippen LogP contribution in [0.5, 0.6) is 0 Å². The van der Waals surface area contributed by atoms with Crippen LogP contribution in [0.1, 0.15) is 12.8 Å². The van der Waals surface area contributed by atoms with E-state index in [2.05, 4.69) is 0 Å². The summed E-state index contributed by atoms with van der Waals surface area (Å²) in [7, 11) is 1.60. The molecule has 0 bridgehead atoms. The van der Waals surface area contributed by atoms with E-state index in [1.807, 2.05) is 0 Å². The lowest BCUT2D eigenvalue weighted by Gasteiger charge is -2.15. The summed E-state index contributed by atoms with van der Waals surface area (Å²) in [6.45, 7) is 0.411. The highest BCUT2D eigenvalue weighted by Gasteiger charge is 2.10. The van der Waals surface area contributed by atoms with Crippen molar-refractivity contribution in [1.29, 1.82) is 5.41 Å². The van der Waals surface area contributed by atoms with Crippen molar-refractivity contribution in [2.24, 2.45) is 5.73 Å². The highest BCUT2D eigenvalue weighted by Crippen LogP contribution is 1.93. The molecule has 0 aliphatic rings. The van der Waals surface area contributed by atoms with Crippen molar-refractivity contribution in [2.75, 3.05) is 13.6 Å². The summed E-state index contributed by atoms with van der Waals surface area (Å²) in [4.78, 5) is 22.1. The van der Waals surface area contributed by atoms with E-state index in [9.17, 15) is 9.59 Å². The molecule has 0 spiro atoms. The zero-order valence-corrected chi connectivity index (χ0v) is 7.41. The molecule has 74 valence electrons. The number of aliphatic carboxylic acids is 1. The molecule has 0 saturated carbocycles. The van der Waals surface area contributed by atoms with Crippen LogP contribution in [0.25, 0.3) is 0 Å². The van der Waals surface area contributed by atoms with Gasteiger partial charge in [-0.3, -0.25) is 10.2 Å². The van der Waals surface area contributed by atoms with Crippen molar-refractivity contribution in [3.05, 3.63) is 0 Å². The number of Topliss-reactive ketones (excluding diaryl/α,β-unsaturated/α-hetero) is 1. The van der Waals surface area contributed by atoms with Crippen LogP contribution in [-0.2, 0) is 9.59 Å². The van der Waals surface area contributed by atoms with Crippen LogP contribution in [0.15, 0.2) is 0 Å². The third kappa shape index (κ3) is 4.78. The minimum Gasteiger partial charge on any atom is -0.476 e. The van der Waals surface area contributed by atoms with E-state index < -0.39 is 11.8 Å². The molecule has 13 heavy (non-hydrogen) atoms. The number of nitrogens with two attached hydrogens (primary N) is 1. The Bertz CT molecular complexity index is 227. The smallest absolute Gasteiger partial charge is 0.372 e. The molecule has 4 N–H and O–H groups in total. The molecule has 0 radical (unpaired) electrons. The van der Waals surface area contributed by atoms with Crippen LogP contribution >= 0.6 is 0 Å². The first-order valence-electron chi connectivity index (χ1n) is 3.76. The molecule has 0 amide bonds. The number of nitrogens with one attached hydrogen (secondary N) is 1. The molecule has 0 saturated heterocycles. The number of carbonyl (C=O) groups excluding carboxylic acids is 1. The molecule has 6 nitrogen and oxygen atoms in total. The monoisotopic (exact) mass is 187 g/mol. The van der Waals surface area contributed by atoms with Crippen molar-refractivity contribution in [2.45, 2.75) is 12.8 Å². The first kappa shape index (κ1) is 11.4. The third-order valence-electron chi connectivity index (χ3n) is 1.55. The third-order valence-corrected chi connectivity index (χ3v) is 1.55. The molecule has 6 heteroatoms.